The van der Waals surface area contributed by atoms with E-state index in [1.165, 1.54) is 0 Å². The van der Waals surface area contributed by atoms with Crippen molar-refractivity contribution >= 4 is 21.6 Å². The van der Waals surface area contributed by atoms with Crippen molar-refractivity contribution in [3.05, 3.63) is 22.7 Å². The highest BCUT2D eigenvalue weighted by atomic mass is 79.9. The molecule has 0 saturated heterocycles. The molecule has 1 unspecified atom stereocenters. The van der Waals surface area contributed by atoms with Gasteiger partial charge in [-0.3, -0.25) is 0 Å². The third-order valence-corrected chi connectivity index (χ3v) is 2.80. The summed E-state index contributed by atoms with van der Waals surface area (Å²) in [6, 6.07) is 6.26. The van der Waals surface area contributed by atoms with Crippen LogP contribution < -0.4 is 10.1 Å². The maximum Gasteiger partial charge on any atom is 0.122 e. The number of anilines is 1. The van der Waals surface area contributed by atoms with Gasteiger partial charge in [0, 0.05) is 29.4 Å². The van der Waals surface area contributed by atoms with E-state index in [1.54, 1.807) is 14.2 Å². The molecule has 0 saturated carbocycles. The zero-order valence-electron chi connectivity index (χ0n) is 9.92. The Morgan fingerprint density at radius 3 is 2.62 bits per heavy atom. The lowest BCUT2D eigenvalue weighted by Crippen LogP contribution is -2.23. The molecule has 0 aromatic heterocycles. The molecule has 1 aromatic rings. The molecule has 0 aliphatic heterocycles. The molecule has 0 bridgehead atoms. The molecule has 1 N–H and O–H groups in total. The fraction of sp³-hybridized carbons (Fsp3) is 0.500. The van der Waals surface area contributed by atoms with Gasteiger partial charge in [-0.05, 0) is 18.6 Å². The van der Waals surface area contributed by atoms with E-state index in [1.807, 2.05) is 18.2 Å². The smallest absolute Gasteiger partial charge is 0.122 e. The first-order valence-electron chi connectivity index (χ1n) is 5.29. The molecular formula is C12H18BrNO2. The van der Waals surface area contributed by atoms with Crippen LogP contribution in [0.5, 0.6) is 5.75 Å². The normalized spacial score (nSPS) is 12.2. The molecule has 0 fully saturated rings. The van der Waals surface area contributed by atoms with E-state index in [-0.39, 0.29) is 0 Å². The molecule has 4 heteroatoms. The number of methoxy groups -OCH3 is 2. The summed E-state index contributed by atoms with van der Waals surface area (Å²) in [5.41, 5.74) is 1.04. The molecule has 0 heterocycles. The molecule has 1 rings (SSSR count). The van der Waals surface area contributed by atoms with E-state index in [2.05, 4.69) is 28.2 Å². The van der Waals surface area contributed by atoms with Crippen LogP contribution in [0.3, 0.4) is 0 Å². The molecule has 90 valence electrons. The third kappa shape index (κ3) is 4.02. The van der Waals surface area contributed by atoms with E-state index in [9.17, 15) is 0 Å². The van der Waals surface area contributed by atoms with Gasteiger partial charge < -0.3 is 14.8 Å². The zero-order valence-corrected chi connectivity index (χ0v) is 11.5. The number of hydrogen-bond donors (Lipinski definition) is 1. The Hall–Kier alpha value is -0.740. The first kappa shape index (κ1) is 13.3. The highest BCUT2D eigenvalue weighted by Gasteiger charge is 2.06. The topological polar surface area (TPSA) is 30.5 Å². The molecule has 0 amide bonds. The van der Waals surface area contributed by atoms with Gasteiger partial charge in [-0.25, -0.2) is 0 Å². The minimum Gasteiger partial charge on any atom is -0.497 e. The van der Waals surface area contributed by atoms with E-state index in [0.29, 0.717) is 12.6 Å². The van der Waals surface area contributed by atoms with Crippen molar-refractivity contribution in [1.82, 2.24) is 0 Å². The largest absolute Gasteiger partial charge is 0.497 e. The van der Waals surface area contributed by atoms with Crippen molar-refractivity contribution in [3.63, 3.8) is 0 Å². The van der Waals surface area contributed by atoms with Gasteiger partial charge >= 0.3 is 0 Å². The number of hydrogen-bond acceptors (Lipinski definition) is 3. The fourth-order valence-corrected chi connectivity index (χ4v) is 1.93. The lowest BCUT2D eigenvalue weighted by Gasteiger charge is -2.18. The number of ether oxygens (including phenoxy) is 2. The predicted octanol–water partition coefficient (Wildman–Crippen LogP) is 3.29. The van der Waals surface area contributed by atoms with Crippen LogP contribution in [0.1, 0.15) is 13.3 Å². The molecule has 0 spiro atoms. The Balaban J connectivity index is 2.74. The maximum absolute atomic E-state index is 5.21. The van der Waals surface area contributed by atoms with Crippen molar-refractivity contribution in [2.24, 2.45) is 0 Å². The van der Waals surface area contributed by atoms with Crippen LogP contribution in [0.2, 0.25) is 0 Å². The molecule has 0 aliphatic rings. The van der Waals surface area contributed by atoms with Gasteiger partial charge in [-0.2, -0.15) is 0 Å². The lowest BCUT2D eigenvalue weighted by molar-refractivity contribution is 0.184. The van der Waals surface area contributed by atoms with Crippen LogP contribution in [0.4, 0.5) is 5.69 Å². The van der Waals surface area contributed by atoms with E-state index < -0.39 is 0 Å². The zero-order chi connectivity index (χ0) is 12.0. The van der Waals surface area contributed by atoms with E-state index in [4.69, 9.17) is 9.47 Å². The number of benzene rings is 1. The van der Waals surface area contributed by atoms with Crippen LogP contribution in [0.15, 0.2) is 22.7 Å². The molecule has 16 heavy (non-hydrogen) atoms. The Kier molecular flexibility index (Phi) is 5.63. The summed E-state index contributed by atoms with van der Waals surface area (Å²) >= 11 is 3.45. The molecule has 1 atom stereocenters. The quantitative estimate of drug-likeness (QED) is 0.871. The maximum atomic E-state index is 5.21. The SMILES string of the molecule is CCC(COC)Nc1cc(Br)cc(OC)c1. The van der Waals surface area contributed by atoms with Gasteiger partial charge in [-0.15, -0.1) is 0 Å². The number of halogens is 1. The summed E-state index contributed by atoms with van der Waals surface area (Å²) in [6.07, 6.45) is 1.02. The minimum absolute atomic E-state index is 0.323. The van der Waals surface area contributed by atoms with Crippen LogP contribution in [-0.2, 0) is 4.74 Å². The van der Waals surface area contributed by atoms with Crippen LogP contribution in [0.25, 0.3) is 0 Å². The number of nitrogens with one attached hydrogen (secondary N) is 1. The molecule has 3 nitrogen and oxygen atoms in total. The lowest BCUT2D eigenvalue weighted by atomic mass is 10.2. The summed E-state index contributed by atoms with van der Waals surface area (Å²) in [4.78, 5) is 0. The van der Waals surface area contributed by atoms with Crippen molar-refractivity contribution in [2.45, 2.75) is 19.4 Å². The molecular weight excluding hydrogens is 270 g/mol. The molecule has 0 radical (unpaired) electrons. The third-order valence-electron chi connectivity index (χ3n) is 2.34. The van der Waals surface area contributed by atoms with Crippen LogP contribution in [0, 0.1) is 0 Å². The molecule has 1 aromatic carbocycles. The van der Waals surface area contributed by atoms with Crippen molar-refractivity contribution in [3.8, 4) is 5.75 Å². The van der Waals surface area contributed by atoms with Crippen LogP contribution in [-0.4, -0.2) is 26.9 Å². The van der Waals surface area contributed by atoms with E-state index >= 15 is 0 Å². The first-order chi connectivity index (χ1) is 7.69. The highest BCUT2D eigenvalue weighted by molar-refractivity contribution is 9.10. The highest BCUT2D eigenvalue weighted by Crippen LogP contribution is 2.25. The predicted molar refractivity (Wildman–Crippen MR) is 70.3 cm³/mol. The Bertz CT molecular complexity index is 331. The van der Waals surface area contributed by atoms with Crippen LogP contribution >= 0.6 is 15.9 Å². The standard InChI is InChI=1S/C12H18BrNO2/c1-4-10(8-15-2)14-11-5-9(13)6-12(7-11)16-3/h5-7,10,14H,4,8H2,1-3H3. The first-order valence-corrected chi connectivity index (χ1v) is 6.09. The van der Waals surface area contributed by atoms with Gasteiger partial charge in [0.05, 0.1) is 13.7 Å². The van der Waals surface area contributed by atoms with Gasteiger partial charge in [-0.1, -0.05) is 22.9 Å². The summed E-state index contributed by atoms with van der Waals surface area (Å²) in [5, 5.41) is 3.41. The Labute approximate surface area is 105 Å². The fourth-order valence-electron chi connectivity index (χ4n) is 1.46. The van der Waals surface area contributed by atoms with Crippen molar-refractivity contribution < 1.29 is 9.47 Å². The molecule has 0 aliphatic carbocycles. The number of rotatable bonds is 6. The second-order valence-corrected chi connectivity index (χ2v) is 4.50. The summed E-state index contributed by atoms with van der Waals surface area (Å²) in [7, 11) is 3.38. The van der Waals surface area contributed by atoms with Gasteiger partial charge in [0.2, 0.25) is 0 Å². The second-order valence-electron chi connectivity index (χ2n) is 3.58. The second kappa shape index (κ2) is 6.76. The summed E-state index contributed by atoms with van der Waals surface area (Å²) < 4.78 is 11.4. The monoisotopic (exact) mass is 287 g/mol. The van der Waals surface area contributed by atoms with Crippen molar-refractivity contribution in [1.29, 1.82) is 0 Å². The average molecular weight is 288 g/mol. The summed E-state index contributed by atoms with van der Waals surface area (Å²) in [6.45, 7) is 2.83. The van der Waals surface area contributed by atoms with Crippen molar-refractivity contribution in [2.75, 3.05) is 26.1 Å². The van der Waals surface area contributed by atoms with Gasteiger partial charge in [0.15, 0.2) is 0 Å². The Morgan fingerprint density at radius 2 is 2.06 bits per heavy atom. The average Bonchev–Trinajstić information content (AvgIpc) is 2.27. The summed E-state index contributed by atoms with van der Waals surface area (Å²) in [5.74, 6) is 0.837. The van der Waals surface area contributed by atoms with Gasteiger partial charge in [0.25, 0.3) is 0 Å². The Morgan fingerprint density at radius 1 is 1.31 bits per heavy atom. The van der Waals surface area contributed by atoms with E-state index in [0.717, 1.165) is 22.3 Å². The minimum atomic E-state index is 0.323. The van der Waals surface area contributed by atoms with Gasteiger partial charge in [0.1, 0.15) is 5.75 Å².